The molecule has 0 bridgehead atoms. The molecule has 17 heavy (non-hydrogen) atoms. The van der Waals surface area contributed by atoms with Gasteiger partial charge < -0.3 is 0 Å². The minimum Gasteiger partial charge on any atom is -0.230 e. The van der Waals surface area contributed by atoms with Crippen molar-refractivity contribution in [3.8, 4) is 0 Å². The number of alkyl halides is 2. The summed E-state index contributed by atoms with van der Waals surface area (Å²) in [5.74, 6) is 0. The molecule has 2 nitrogen and oxygen atoms in total. The van der Waals surface area contributed by atoms with Gasteiger partial charge in [0.05, 0.1) is 11.2 Å². The Kier molecular flexibility index (Phi) is 8.06. The molecule has 0 saturated heterocycles. The van der Waals surface area contributed by atoms with E-state index in [4.69, 9.17) is 33.0 Å². The quantitative estimate of drug-likeness (QED) is 0.262. The van der Waals surface area contributed by atoms with Crippen LogP contribution in [-0.4, -0.2) is 16.0 Å². The first kappa shape index (κ1) is 17.5. The highest BCUT2D eigenvalue weighted by atomic mass is 35.5. The largest absolute Gasteiger partial charge is 0.230 e. The number of hydrogen-bond acceptors (Lipinski definition) is 2. The van der Waals surface area contributed by atoms with E-state index < -0.39 is 0 Å². The SMILES string of the molecule is CC(C)(C)OOC(C)(C)CCCCCC(Cl)Cl. The fourth-order valence-corrected chi connectivity index (χ4v) is 1.61. The lowest BCUT2D eigenvalue weighted by Gasteiger charge is -2.28. The van der Waals surface area contributed by atoms with Gasteiger partial charge in [-0.2, -0.15) is 0 Å². The number of hydrogen-bond donors (Lipinski definition) is 0. The Labute approximate surface area is 116 Å². The van der Waals surface area contributed by atoms with E-state index in [9.17, 15) is 0 Å². The van der Waals surface area contributed by atoms with E-state index in [0.717, 1.165) is 32.1 Å². The highest BCUT2D eigenvalue weighted by Crippen LogP contribution is 2.23. The summed E-state index contributed by atoms with van der Waals surface area (Å²) in [6.45, 7) is 10.0. The molecule has 0 aromatic rings. The van der Waals surface area contributed by atoms with Crippen molar-refractivity contribution in [1.82, 2.24) is 0 Å². The van der Waals surface area contributed by atoms with Crippen molar-refractivity contribution >= 4 is 23.2 Å². The molecule has 0 aliphatic heterocycles. The number of halogens is 2. The second-order valence-corrected chi connectivity index (χ2v) is 7.31. The van der Waals surface area contributed by atoms with Gasteiger partial charge in [-0.05, 0) is 47.5 Å². The Morgan fingerprint density at radius 3 is 1.94 bits per heavy atom. The third-order valence-corrected chi connectivity index (χ3v) is 2.65. The smallest absolute Gasteiger partial charge is 0.107 e. The van der Waals surface area contributed by atoms with E-state index in [0.29, 0.717) is 0 Å². The van der Waals surface area contributed by atoms with Crippen LogP contribution in [0.5, 0.6) is 0 Å². The molecule has 0 unspecified atom stereocenters. The van der Waals surface area contributed by atoms with Gasteiger partial charge in [0.1, 0.15) is 4.84 Å². The molecule has 0 aliphatic carbocycles. The van der Waals surface area contributed by atoms with Crippen LogP contribution in [0.4, 0.5) is 0 Å². The second kappa shape index (κ2) is 7.83. The molecule has 104 valence electrons. The Bertz CT molecular complexity index is 198. The van der Waals surface area contributed by atoms with Crippen molar-refractivity contribution in [3.05, 3.63) is 0 Å². The van der Waals surface area contributed by atoms with Crippen molar-refractivity contribution in [2.24, 2.45) is 0 Å². The highest BCUT2D eigenvalue weighted by molar-refractivity contribution is 6.44. The molecular weight excluding hydrogens is 259 g/mol. The molecule has 0 spiro atoms. The molecule has 0 atom stereocenters. The normalized spacial score (nSPS) is 13.4. The maximum absolute atomic E-state index is 5.67. The zero-order valence-corrected chi connectivity index (χ0v) is 13.2. The van der Waals surface area contributed by atoms with Gasteiger partial charge >= 0.3 is 0 Å². The summed E-state index contributed by atoms with van der Waals surface area (Å²) in [4.78, 5) is 10.6. The highest BCUT2D eigenvalue weighted by Gasteiger charge is 2.23. The van der Waals surface area contributed by atoms with Gasteiger partial charge in [0, 0.05) is 0 Å². The fraction of sp³-hybridized carbons (Fsp3) is 1.00. The molecule has 0 aromatic heterocycles. The molecular formula is C13H26Cl2O2. The molecule has 0 amide bonds. The van der Waals surface area contributed by atoms with Gasteiger partial charge in [0.15, 0.2) is 0 Å². The molecule has 0 heterocycles. The summed E-state index contributed by atoms with van der Waals surface area (Å²) in [5, 5.41) is 0. The Hall–Kier alpha value is 0.500. The van der Waals surface area contributed by atoms with E-state index in [2.05, 4.69) is 0 Å². The lowest BCUT2D eigenvalue weighted by molar-refractivity contribution is -0.398. The lowest BCUT2D eigenvalue weighted by Crippen LogP contribution is -2.30. The number of rotatable bonds is 8. The van der Waals surface area contributed by atoms with E-state index in [1.807, 2.05) is 34.6 Å². The first-order valence-electron chi connectivity index (χ1n) is 6.27. The van der Waals surface area contributed by atoms with Crippen molar-refractivity contribution in [2.45, 2.75) is 82.8 Å². The van der Waals surface area contributed by atoms with Crippen molar-refractivity contribution in [1.29, 1.82) is 0 Å². The molecule has 4 heteroatoms. The lowest BCUT2D eigenvalue weighted by atomic mass is 10.0. The van der Waals surface area contributed by atoms with Crippen LogP contribution in [0.1, 0.15) is 66.7 Å². The summed E-state index contributed by atoms with van der Waals surface area (Å²) >= 11 is 11.3. The number of unbranched alkanes of at least 4 members (excludes halogenated alkanes) is 2. The summed E-state index contributed by atoms with van der Waals surface area (Å²) in [6.07, 6.45) is 5.12. The average molecular weight is 285 g/mol. The predicted octanol–water partition coefficient (Wildman–Crippen LogP) is 5.27. The predicted molar refractivity (Wildman–Crippen MR) is 74.6 cm³/mol. The summed E-state index contributed by atoms with van der Waals surface area (Å²) in [5.41, 5.74) is -0.504. The Morgan fingerprint density at radius 2 is 1.47 bits per heavy atom. The van der Waals surface area contributed by atoms with Crippen molar-refractivity contribution < 1.29 is 9.78 Å². The Balaban J connectivity index is 3.64. The summed E-state index contributed by atoms with van der Waals surface area (Å²) in [7, 11) is 0. The van der Waals surface area contributed by atoms with Gasteiger partial charge in [-0.25, -0.2) is 9.78 Å². The van der Waals surface area contributed by atoms with Gasteiger partial charge in [-0.15, -0.1) is 23.2 Å². The Morgan fingerprint density at radius 1 is 0.882 bits per heavy atom. The zero-order valence-electron chi connectivity index (χ0n) is 11.7. The van der Waals surface area contributed by atoms with Gasteiger partial charge in [0.25, 0.3) is 0 Å². The second-order valence-electron chi connectivity index (χ2n) is 6.03. The van der Waals surface area contributed by atoms with E-state index in [-0.39, 0.29) is 16.0 Å². The van der Waals surface area contributed by atoms with E-state index >= 15 is 0 Å². The molecule has 0 aromatic carbocycles. The topological polar surface area (TPSA) is 18.5 Å². The maximum atomic E-state index is 5.67. The first-order valence-corrected chi connectivity index (χ1v) is 7.15. The van der Waals surface area contributed by atoms with E-state index in [1.54, 1.807) is 0 Å². The molecule has 0 radical (unpaired) electrons. The average Bonchev–Trinajstić information content (AvgIpc) is 2.13. The van der Waals surface area contributed by atoms with Gasteiger partial charge in [-0.1, -0.05) is 19.3 Å². The third kappa shape index (κ3) is 12.7. The minimum atomic E-state index is -0.262. The van der Waals surface area contributed by atoms with Crippen LogP contribution in [-0.2, 0) is 9.78 Å². The van der Waals surface area contributed by atoms with Crippen LogP contribution >= 0.6 is 23.2 Å². The third-order valence-electron chi connectivity index (χ3n) is 2.22. The molecule has 0 aliphatic rings. The van der Waals surface area contributed by atoms with Crippen LogP contribution in [0.25, 0.3) is 0 Å². The molecule has 0 saturated carbocycles. The maximum Gasteiger partial charge on any atom is 0.107 e. The van der Waals surface area contributed by atoms with Crippen LogP contribution < -0.4 is 0 Å². The molecule has 0 N–H and O–H groups in total. The van der Waals surface area contributed by atoms with Gasteiger partial charge in [-0.3, -0.25) is 0 Å². The van der Waals surface area contributed by atoms with Gasteiger partial charge in [0.2, 0.25) is 0 Å². The van der Waals surface area contributed by atoms with E-state index in [1.165, 1.54) is 0 Å². The standard InChI is InChI=1S/C13H26Cl2O2/c1-12(2,3)16-17-13(4,5)10-8-6-7-9-11(14)15/h11H,6-10H2,1-5H3. The minimum absolute atomic E-state index is 0.233. The molecule has 0 fully saturated rings. The zero-order chi connectivity index (χ0) is 13.5. The monoisotopic (exact) mass is 284 g/mol. The fourth-order valence-electron chi connectivity index (χ4n) is 1.31. The van der Waals surface area contributed by atoms with Crippen LogP contribution in [0, 0.1) is 0 Å². The first-order chi connectivity index (χ1) is 7.62. The van der Waals surface area contributed by atoms with Crippen LogP contribution in [0.3, 0.4) is 0 Å². The summed E-state index contributed by atoms with van der Waals surface area (Å²) < 4.78 is 0. The van der Waals surface area contributed by atoms with Crippen LogP contribution in [0.15, 0.2) is 0 Å². The molecule has 0 rings (SSSR count). The van der Waals surface area contributed by atoms with Crippen LogP contribution in [0.2, 0.25) is 0 Å². The summed E-state index contributed by atoms with van der Waals surface area (Å²) in [6, 6.07) is 0. The van der Waals surface area contributed by atoms with Crippen molar-refractivity contribution in [3.63, 3.8) is 0 Å². The van der Waals surface area contributed by atoms with Crippen molar-refractivity contribution in [2.75, 3.05) is 0 Å².